The Hall–Kier alpha value is 0.102. The van der Waals surface area contributed by atoms with Gasteiger partial charge in [0.15, 0.2) is 0 Å². The number of esters is 1. The molecule has 0 aromatic carbocycles. The molecule has 1 amide bonds. The van der Waals surface area contributed by atoms with Crippen LogP contribution in [0.3, 0.4) is 0 Å². The quantitative estimate of drug-likeness (QED) is 0.407. The number of carbonyl (C=O) groups excluding carboxylic acids is 2. The first-order valence-corrected chi connectivity index (χ1v) is 10.0. The third kappa shape index (κ3) is 8.09. The summed E-state index contributed by atoms with van der Waals surface area (Å²) in [6.45, 7) is 9.48. The molecular formula is C20H37AcN2O5-. The molecular weight excluding hydrogens is 575 g/mol. The zero-order valence-corrected chi connectivity index (χ0v) is 22.9. The van der Waals surface area contributed by atoms with Gasteiger partial charge in [-0.1, -0.05) is 45.4 Å². The molecule has 1 aliphatic carbocycles. The zero-order chi connectivity index (χ0) is 20.8. The van der Waals surface area contributed by atoms with Crippen LogP contribution in [-0.4, -0.2) is 48.1 Å². The van der Waals surface area contributed by atoms with Crippen molar-refractivity contribution in [2.45, 2.75) is 90.5 Å². The first kappa shape index (κ1) is 28.1. The van der Waals surface area contributed by atoms with Gasteiger partial charge in [-0.2, -0.15) is 0 Å². The number of carbonyl (C=O) groups is 2. The van der Waals surface area contributed by atoms with E-state index in [-0.39, 0.29) is 56.4 Å². The van der Waals surface area contributed by atoms with Crippen LogP contribution in [0.1, 0.15) is 66.7 Å². The molecule has 0 heterocycles. The van der Waals surface area contributed by atoms with Gasteiger partial charge in [-0.15, -0.1) is 6.04 Å². The summed E-state index contributed by atoms with van der Waals surface area (Å²) < 4.78 is 10.1. The van der Waals surface area contributed by atoms with Crippen molar-refractivity contribution in [2.75, 3.05) is 7.11 Å². The topological polar surface area (TPSA) is 109 Å². The largest absolute Gasteiger partial charge is 0.674 e. The fourth-order valence-electron chi connectivity index (χ4n) is 4.10. The van der Waals surface area contributed by atoms with Gasteiger partial charge in [0.05, 0.1) is 19.1 Å². The molecule has 0 spiro atoms. The van der Waals surface area contributed by atoms with Crippen LogP contribution in [0.4, 0.5) is 4.79 Å². The summed E-state index contributed by atoms with van der Waals surface area (Å²) in [6.07, 6.45) is 2.31. The van der Waals surface area contributed by atoms with Gasteiger partial charge in [0.2, 0.25) is 0 Å². The van der Waals surface area contributed by atoms with Crippen LogP contribution in [0.2, 0.25) is 0 Å². The summed E-state index contributed by atoms with van der Waals surface area (Å²) in [6, 6.07) is -1.08. The number of ether oxygens (including phenoxy) is 2. The van der Waals surface area contributed by atoms with Gasteiger partial charge in [-0.05, 0) is 33.1 Å². The molecule has 28 heavy (non-hydrogen) atoms. The molecule has 8 heteroatoms. The minimum atomic E-state index is -1.02. The average molecular weight is 613 g/mol. The summed E-state index contributed by atoms with van der Waals surface area (Å²) in [7, 11) is 1.29. The van der Waals surface area contributed by atoms with E-state index >= 15 is 0 Å². The van der Waals surface area contributed by atoms with E-state index in [1.54, 1.807) is 20.8 Å². The molecule has 0 bridgehead atoms. The van der Waals surface area contributed by atoms with E-state index in [0.29, 0.717) is 0 Å². The van der Waals surface area contributed by atoms with E-state index in [1.165, 1.54) is 7.11 Å². The summed E-state index contributed by atoms with van der Waals surface area (Å²) in [5, 5.41) is 13.6. The zero-order valence-electron chi connectivity index (χ0n) is 18.2. The van der Waals surface area contributed by atoms with E-state index in [2.05, 4.69) is 19.2 Å². The van der Waals surface area contributed by atoms with Crippen LogP contribution in [0, 0.1) is 61.8 Å². The molecule has 3 N–H and O–H groups in total. The predicted octanol–water partition coefficient (Wildman–Crippen LogP) is 3.69. The molecule has 1 rings (SSSR count). The van der Waals surface area contributed by atoms with Crippen molar-refractivity contribution in [3.8, 4) is 0 Å². The van der Waals surface area contributed by atoms with Crippen LogP contribution < -0.4 is 5.32 Å². The maximum absolute atomic E-state index is 12.3. The smallest absolute Gasteiger partial charge is 0.407 e. The van der Waals surface area contributed by atoms with E-state index < -0.39 is 47.7 Å². The minimum absolute atomic E-state index is 0. The minimum Gasteiger partial charge on any atom is -0.674 e. The van der Waals surface area contributed by atoms with Gasteiger partial charge in [-0.3, -0.25) is 4.79 Å². The van der Waals surface area contributed by atoms with Gasteiger partial charge < -0.3 is 25.6 Å². The maximum Gasteiger partial charge on any atom is 0.407 e. The summed E-state index contributed by atoms with van der Waals surface area (Å²) in [5.74, 6) is -1.67. The molecule has 0 aliphatic heterocycles. The second-order valence-corrected chi connectivity index (χ2v) is 8.55. The molecule has 0 saturated heterocycles. The number of methoxy groups -OCH3 is 1. The Labute approximate surface area is 205 Å². The Bertz CT molecular complexity index is 491. The van der Waals surface area contributed by atoms with E-state index in [4.69, 9.17) is 15.2 Å². The third-order valence-corrected chi connectivity index (χ3v) is 5.23. The van der Waals surface area contributed by atoms with Crippen molar-refractivity contribution < 1.29 is 68.2 Å². The number of aliphatic hydroxyl groups is 1. The first-order valence-electron chi connectivity index (χ1n) is 10.0. The molecule has 0 aromatic rings. The molecule has 0 aromatic heterocycles. The van der Waals surface area contributed by atoms with Gasteiger partial charge in [-0.25, -0.2) is 4.79 Å². The van der Waals surface area contributed by atoms with Crippen molar-refractivity contribution in [1.29, 1.82) is 0 Å². The van der Waals surface area contributed by atoms with E-state index in [1.807, 2.05) is 0 Å². The average Bonchev–Trinajstić information content (AvgIpc) is 2.87. The maximum atomic E-state index is 12.3. The first-order chi connectivity index (χ1) is 12.6. The number of hydrogen-bond acceptors (Lipinski definition) is 5. The molecule has 161 valence electrons. The predicted molar refractivity (Wildman–Crippen MR) is 104 cm³/mol. The summed E-state index contributed by atoms with van der Waals surface area (Å²) >= 11 is 0. The Balaban J connectivity index is 0.00000729. The number of hydrogen-bond donors (Lipinski definition) is 2. The Morgan fingerprint density at radius 1 is 1.21 bits per heavy atom. The number of alkyl carbamates (subject to hydrolysis) is 1. The standard InChI is InChI=1S/C20H37N2O5.Ac/c1-7-9-12(10-8-2)16(21)15-14(22-19(25)27-20(3,4)5)11-13(17(15)23)18(24)26-6;/h12-17,21,23H,7-11H2,1-6H3,(H,22,25);/q-1;. The fourth-order valence-corrected chi connectivity index (χ4v) is 4.10. The van der Waals surface area contributed by atoms with E-state index in [9.17, 15) is 14.7 Å². The Morgan fingerprint density at radius 3 is 2.18 bits per heavy atom. The molecule has 1 aliphatic rings. The van der Waals surface area contributed by atoms with E-state index in [0.717, 1.165) is 25.7 Å². The number of amides is 1. The van der Waals surface area contributed by atoms with Crippen LogP contribution in [0.5, 0.6) is 0 Å². The molecule has 1 fully saturated rings. The van der Waals surface area contributed by atoms with Gasteiger partial charge in [0.1, 0.15) is 5.60 Å². The number of rotatable bonds is 8. The molecule has 7 nitrogen and oxygen atoms in total. The fraction of sp³-hybridized carbons (Fsp3) is 0.900. The molecule has 5 atom stereocenters. The van der Waals surface area contributed by atoms with Gasteiger partial charge >= 0.3 is 12.1 Å². The Kier molecular flexibility index (Phi) is 12.8. The SMILES string of the molecule is CCCC(CCC)C([NH-])C1C(NC(=O)OC(C)(C)C)CC(C(=O)OC)C1O.[Ac]. The molecule has 5 unspecified atom stereocenters. The Morgan fingerprint density at radius 2 is 1.75 bits per heavy atom. The normalized spacial score (nSPS) is 25.8. The van der Waals surface area contributed by atoms with Crippen LogP contribution in [0.15, 0.2) is 0 Å². The van der Waals surface area contributed by atoms with Crippen molar-refractivity contribution in [2.24, 2.45) is 17.8 Å². The van der Waals surface area contributed by atoms with Crippen molar-refractivity contribution >= 4 is 12.1 Å². The van der Waals surface area contributed by atoms with Crippen molar-refractivity contribution in [1.82, 2.24) is 5.32 Å². The summed E-state index contributed by atoms with van der Waals surface area (Å²) in [5.41, 5.74) is 8.16. The second kappa shape index (κ2) is 12.7. The van der Waals surface area contributed by atoms with Crippen molar-refractivity contribution in [3.63, 3.8) is 0 Å². The van der Waals surface area contributed by atoms with Crippen LogP contribution in [-0.2, 0) is 14.3 Å². The monoisotopic (exact) mass is 612 g/mol. The number of nitrogens with one attached hydrogen (secondary N) is 2. The summed E-state index contributed by atoms with van der Waals surface area (Å²) in [4.78, 5) is 24.4. The molecule has 1 saturated carbocycles. The third-order valence-electron chi connectivity index (χ3n) is 5.23. The molecule has 1 radical (unpaired) electrons. The van der Waals surface area contributed by atoms with Crippen molar-refractivity contribution in [3.05, 3.63) is 5.73 Å². The number of aliphatic hydroxyl groups excluding tert-OH is 1. The van der Waals surface area contributed by atoms with Gasteiger partial charge in [0.25, 0.3) is 0 Å². The second-order valence-electron chi connectivity index (χ2n) is 8.55. The van der Waals surface area contributed by atoms with Gasteiger partial charge in [0, 0.05) is 50.1 Å². The van der Waals surface area contributed by atoms with Crippen LogP contribution >= 0.6 is 0 Å². The van der Waals surface area contributed by atoms with Crippen LogP contribution in [0.25, 0.3) is 5.73 Å².